The molecule has 2 N–H and O–H groups in total. The summed E-state index contributed by atoms with van der Waals surface area (Å²) in [5.41, 5.74) is 2.03. The van der Waals surface area contributed by atoms with Gasteiger partial charge in [-0.3, -0.25) is 4.79 Å². The van der Waals surface area contributed by atoms with Crippen LogP contribution in [0, 0.1) is 18.8 Å². The van der Waals surface area contributed by atoms with E-state index < -0.39 is 0 Å². The molecule has 4 nitrogen and oxygen atoms in total. The van der Waals surface area contributed by atoms with Crippen LogP contribution in [0.3, 0.4) is 0 Å². The van der Waals surface area contributed by atoms with Crippen LogP contribution >= 0.6 is 0 Å². The maximum atomic E-state index is 12.4. The molecule has 0 saturated heterocycles. The van der Waals surface area contributed by atoms with Crippen molar-refractivity contribution in [2.75, 3.05) is 11.9 Å². The number of carbonyl (C=O) groups excluding carboxylic acids is 1. The zero-order chi connectivity index (χ0) is 15.1. The first kappa shape index (κ1) is 14.8. The highest BCUT2D eigenvalue weighted by molar-refractivity contribution is 6.05. The van der Waals surface area contributed by atoms with Gasteiger partial charge in [0, 0.05) is 18.2 Å². The van der Waals surface area contributed by atoms with Gasteiger partial charge >= 0.3 is 0 Å². The molecule has 0 radical (unpaired) electrons. The topological polar surface area (TPSA) is 62.2 Å². The van der Waals surface area contributed by atoms with Crippen LogP contribution in [-0.2, 0) is 0 Å². The van der Waals surface area contributed by atoms with Crippen LogP contribution in [0.2, 0.25) is 0 Å². The number of hydrogen-bond acceptors (Lipinski definition) is 3. The molecule has 0 unspecified atom stereocenters. The van der Waals surface area contributed by atoms with Crippen molar-refractivity contribution in [2.45, 2.75) is 13.3 Å². The maximum absolute atomic E-state index is 12.4. The highest BCUT2D eigenvalue weighted by Crippen LogP contribution is 2.13. The Balaban J connectivity index is 2.24. The number of amides is 1. The van der Waals surface area contributed by atoms with Crippen molar-refractivity contribution >= 4 is 11.7 Å². The highest BCUT2D eigenvalue weighted by atomic mass is 16.2. The Morgan fingerprint density at radius 2 is 2.10 bits per heavy atom. The summed E-state index contributed by atoms with van der Waals surface area (Å²) in [4.78, 5) is 16.5. The van der Waals surface area contributed by atoms with E-state index in [4.69, 9.17) is 5.11 Å². The predicted molar refractivity (Wildman–Crippen MR) is 82.0 cm³/mol. The first-order valence-corrected chi connectivity index (χ1v) is 6.64. The van der Waals surface area contributed by atoms with Crippen LogP contribution < -0.4 is 5.32 Å². The summed E-state index contributed by atoms with van der Waals surface area (Å²) in [6.45, 7) is 1.89. The van der Waals surface area contributed by atoms with Gasteiger partial charge in [0.05, 0.1) is 12.2 Å². The first-order valence-electron chi connectivity index (χ1n) is 6.64. The molecule has 21 heavy (non-hydrogen) atoms. The minimum Gasteiger partial charge on any atom is -0.395 e. The van der Waals surface area contributed by atoms with E-state index in [2.05, 4.69) is 22.1 Å². The van der Waals surface area contributed by atoms with Crippen molar-refractivity contribution in [1.82, 2.24) is 4.98 Å². The Labute approximate surface area is 123 Å². The van der Waals surface area contributed by atoms with Gasteiger partial charge in [-0.2, -0.15) is 0 Å². The normalized spacial score (nSPS) is 9.62. The molecule has 106 valence electrons. The number of hydrogen-bond donors (Lipinski definition) is 2. The quantitative estimate of drug-likeness (QED) is 0.849. The van der Waals surface area contributed by atoms with Gasteiger partial charge in [-0.25, -0.2) is 4.98 Å². The van der Waals surface area contributed by atoms with E-state index in [1.807, 2.05) is 25.1 Å². The monoisotopic (exact) mass is 280 g/mol. The summed E-state index contributed by atoms with van der Waals surface area (Å²) in [6.07, 6.45) is 2.02. The van der Waals surface area contributed by atoms with Gasteiger partial charge in [0.25, 0.3) is 5.91 Å². The van der Waals surface area contributed by atoms with Crippen LogP contribution in [0.1, 0.15) is 27.9 Å². The fourth-order valence-corrected chi connectivity index (χ4v) is 1.80. The second-order valence-electron chi connectivity index (χ2n) is 4.44. The minimum atomic E-state index is -0.245. The Morgan fingerprint density at radius 3 is 2.86 bits per heavy atom. The molecule has 4 heteroatoms. The zero-order valence-electron chi connectivity index (χ0n) is 11.8. The van der Waals surface area contributed by atoms with E-state index in [0.717, 1.165) is 5.56 Å². The molecule has 0 aliphatic heterocycles. The molecule has 0 bridgehead atoms. The number of aliphatic hydroxyl groups excluding tert-OH is 1. The van der Waals surface area contributed by atoms with Crippen molar-refractivity contribution in [3.63, 3.8) is 0 Å². The van der Waals surface area contributed by atoms with E-state index in [1.54, 1.807) is 24.4 Å². The zero-order valence-corrected chi connectivity index (χ0v) is 11.8. The molecule has 0 atom stereocenters. The third-order valence-corrected chi connectivity index (χ3v) is 2.87. The summed E-state index contributed by atoms with van der Waals surface area (Å²) < 4.78 is 0. The minimum absolute atomic E-state index is 0.00843. The van der Waals surface area contributed by atoms with Crippen molar-refractivity contribution in [3.8, 4) is 11.8 Å². The SMILES string of the molecule is Cc1cccnc1NC(=O)c1ccccc1C#CCCO. The largest absolute Gasteiger partial charge is 0.395 e. The van der Waals surface area contributed by atoms with Crippen molar-refractivity contribution < 1.29 is 9.90 Å². The number of carbonyl (C=O) groups is 1. The van der Waals surface area contributed by atoms with E-state index in [-0.39, 0.29) is 12.5 Å². The lowest BCUT2D eigenvalue weighted by Gasteiger charge is -2.08. The van der Waals surface area contributed by atoms with Gasteiger partial charge in [-0.05, 0) is 30.7 Å². The number of aliphatic hydroxyl groups is 1. The molecule has 0 saturated carbocycles. The molecule has 0 fully saturated rings. The van der Waals surface area contributed by atoms with Crippen molar-refractivity contribution in [1.29, 1.82) is 0 Å². The van der Waals surface area contributed by atoms with E-state index in [0.29, 0.717) is 23.4 Å². The molecule has 1 aromatic heterocycles. The summed E-state index contributed by atoms with van der Waals surface area (Å²) in [5.74, 6) is 6.03. The Bertz CT molecular complexity index is 699. The first-order chi connectivity index (χ1) is 10.2. The maximum Gasteiger partial charge on any atom is 0.258 e. The molecule has 0 aliphatic rings. The predicted octanol–water partition coefficient (Wildman–Crippen LogP) is 2.38. The Morgan fingerprint density at radius 1 is 1.29 bits per heavy atom. The van der Waals surface area contributed by atoms with Crippen LogP contribution in [0.4, 0.5) is 5.82 Å². The van der Waals surface area contributed by atoms with Crippen LogP contribution in [0.5, 0.6) is 0 Å². The molecule has 2 aromatic rings. The second-order valence-corrected chi connectivity index (χ2v) is 4.44. The molecule has 0 aliphatic carbocycles. The number of aryl methyl sites for hydroxylation is 1. The molecule has 1 heterocycles. The van der Waals surface area contributed by atoms with Gasteiger partial charge in [0.15, 0.2) is 0 Å². The summed E-state index contributed by atoms with van der Waals surface area (Å²) in [6, 6.07) is 10.8. The summed E-state index contributed by atoms with van der Waals surface area (Å²) in [5, 5.41) is 11.5. The van der Waals surface area contributed by atoms with Gasteiger partial charge in [0.1, 0.15) is 5.82 Å². The van der Waals surface area contributed by atoms with Gasteiger partial charge in [0.2, 0.25) is 0 Å². The average molecular weight is 280 g/mol. The lowest BCUT2D eigenvalue weighted by Crippen LogP contribution is -2.15. The number of rotatable bonds is 3. The lowest BCUT2D eigenvalue weighted by atomic mass is 10.1. The van der Waals surface area contributed by atoms with Gasteiger partial charge in [-0.15, -0.1) is 0 Å². The number of pyridine rings is 1. The summed E-state index contributed by atoms with van der Waals surface area (Å²) >= 11 is 0. The number of aromatic nitrogens is 1. The summed E-state index contributed by atoms with van der Waals surface area (Å²) in [7, 11) is 0. The molecular weight excluding hydrogens is 264 g/mol. The fourth-order valence-electron chi connectivity index (χ4n) is 1.80. The number of benzene rings is 1. The van der Waals surface area contributed by atoms with Gasteiger partial charge < -0.3 is 10.4 Å². The molecule has 0 spiro atoms. The average Bonchev–Trinajstić information content (AvgIpc) is 2.50. The van der Waals surface area contributed by atoms with E-state index in [9.17, 15) is 4.79 Å². The van der Waals surface area contributed by atoms with Crippen molar-refractivity contribution in [3.05, 3.63) is 59.3 Å². The molecule has 2 rings (SSSR count). The number of nitrogens with one attached hydrogen (secondary N) is 1. The van der Waals surface area contributed by atoms with E-state index >= 15 is 0 Å². The lowest BCUT2D eigenvalue weighted by molar-refractivity contribution is 0.102. The van der Waals surface area contributed by atoms with E-state index in [1.165, 1.54) is 0 Å². The van der Waals surface area contributed by atoms with Crippen LogP contribution in [-0.4, -0.2) is 22.6 Å². The van der Waals surface area contributed by atoms with Crippen LogP contribution in [0.25, 0.3) is 0 Å². The van der Waals surface area contributed by atoms with Crippen LogP contribution in [0.15, 0.2) is 42.6 Å². The molecular formula is C17H16N2O2. The standard InChI is InChI=1S/C17H16N2O2/c1-13-7-6-11-18-16(13)19-17(21)15-10-3-2-8-14(15)9-4-5-12-20/h2-3,6-8,10-11,20H,5,12H2,1H3,(H,18,19,21). The second kappa shape index (κ2) is 7.22. The third kappa shape index (κ3) is 3.91. The van der Waals surface area contributed by atoms with Gasteiger partial charge in [-0.1, -0.05) is 30.0 Å². The van der Waals surface area contributed by atoms with Crippen molar-refractivity contribution in [2.24, 2.45) is 0 Å². The smallest absolute Gasteiger partial charge is 0.258 e. The fraction of sp³-hybridized carbons (Fsp3) is 0.176. The number of anilines is 1. The highest BCUT2D eigenvalue weighted by Gasteiger charge is 2.11. The number of nitrogens with zero attached hydrogens (tertiary/aromatic N) is 1. The molecule has 1 aromatic carbocycles. The Kier molecular flexibility index (Phi) is 5.08. The Hall–Kier alpha value is -2.64. The molecule has 1 amide bonds. The third-order valence-electron chi connectivity index (χ3n) is 2.87.